The van der Waals surface area contributed by atoms with Gasteiger partial charge >= 0.3 is 5.97 Å². The van der Waals surface area contributed by atoms with Crippen LogP contribution in [0.2, 0.25) is 0 Å². The van der Waals surface area contributed by atoms with Crippen molar-refractivity contribution in [2.45, 2.75) is 54.9 Å². The molecule has 10 heteroatoms. The molecule has 2 aromatic rings. The third kappa shape index (κ3) is 5.01. The molecule has 1 saturated carbocycles. The van der Waals surface area contributed by atoms with Crippen molar-refractivity contribution in [3.63, 3.8) is 0 Å². The predicted octanol–water partition coefficient (Wildman–Crippen LogP) is 5.12. The number of unbranched alkanes of at least 4 members (excludes halogenated alkanes) is 1. The number of benzene rings is 2. The van der Waals surface area contributed by atoms with Crippen LogP contribution >= 0.6 is 11.8 Å². The molecule has 0 bridgehead atoms. The average Bonchev–Trinajstić information content (AvgIpc) is 3.64. The van der Waals surface area contributed by atoms with Gasteiger partial charge in [0.1, 0.15) is 28.5 Å². The summed E-state index contributed by atoms with van der Waals surface area (Å²) in [5.74, 6) is -0.907. The molecule has 2 aliphatic rings. The summed E-state index contributed by atoms with van der Waals surface area (Å²) < 4.78 is 48.6. The number of aliphatic carboxylic acids is 1. The summed E-state index contributed by atoms with van der Waals surface area (Å²) in [7, 11) is -2.28. The van der Waals surface area contributed by atoms with Crippen LogP contribution < -0.4 is 9.64 Å². The van der Waals surface area contributed by atoms with Gasteiger partial charge in [-0.3, -0.25) is 4.79 Å². The number of sulfonamides is 1. The molecule has 1 heterocycles. The Morgan fingerprint density at radius 2 is 1.94 bits per heavy atom. The van der Waals surface area contributed by atoms with Crippen molar-refractivity contribution in [1.29, 1.82) is 0 Å². The second-order valence-corrected chi connectivity index (χ2v) is 12.1. The summed E-state index contributed by atoms with van der Waals surface area (Å²) in [4.78, 5) is 14.3. The topological polar surface area (TPSA) is 87.1 Å². The number of thioether (sulfide) groups is 1. The summed E-state index contributed by atoms with van der Waals surface area (Å²) in [5.41, 5.74) is 0.297. The second kappa shape index (κ2) is 9.99. The van der Waals surface area contributed by atoms with Gasteiger partial charge < -0.3 is 14.7 Å². The molecule has 190 valence electrons. The van der Waals surface area contributed by atoms with Crippen molar-refractivity contribution in [2.75, 3.05) is 31.4 Å². The van der Waals surface area contributed by atoms with E-state index < -0.39 is 21.4 Å². The number of ether oxygens (including phenoxy) is 1. The van der Waals surface area contributed by atoms with Gasteiger partial charge in [0.15, 0.2) is 0 Å². The Morgan fingerprint density at radius 1 is 1.26 bits per heavy atom. The van der Waals surface area contributed by atoms with Crippen LogP contribution in [0.3, 0.4) is 0 Å². The van der Waals surface area contributed by atoms with Crippen LogP contribution in [0.4, 0.5) is 15.8 Å². The highest BCUT2D eigenvalue weighted by atomic mass is 32.2. The van der Waals surface area contributed by atoms with Crippen molar-refractivity contribution >= 4 is 39.1 Å². The number of halogens is 1. The maximum absolute atomic E-state index is 13.8. The number of carbonyl (C=O) groups is 1. The zero-order chi connectivity index (χ0) is 25.4. The van der Waals surface area contributed by atoms with Crippen molar-refractivity contribution in [3.8, 4) is 5.75 Å². The van der Waals surface area contributed by atoms with Crippen LogP contribution in [0.1, 0.15) is 39.0 Å². The van der Waals surface area contributed by atoms with E-state index in [1.165, 1.54) is 34.3 Å². The summed E-state index contributed by atoms with van der Waals surface area (Å²) in [5, 5.41) is 9.51. The summed E-state index contributed by atoms with van der Waals surface area (Å²) >= 11 is 1.40. The van der Waals surface area contributed by atoms with Gasteiger partial charge in [0, 0.05) is 31.4 Å². The lowest BCUT2D eigenvalue weighted by Gasteiger charge is -2.29. The average molecular weight is 523 g/mol. The van der Waals surface area contributed by atoms with E-state index in [1.807, 2.05) is 11.2 Å². The predicted molar refractivity (Wildman–Crippen MR) is 135 cm³/mol. The number of fused-ring (bicyclic) bond motifs is 1. The van der Waals surface area contributed by atoms with Crippen molar-refractivity contribution in [1.82, 2.24) is 4.31 Å². The minimum atomic E-state index is -3.88. The molecule has 4 rings (SSSR count). The maximum atomic E-state index is 13.8. The van der Waals surface area contributed by atoms with Gasteiger partial charge in [0.25, 0.3) is 0 Å². The number of nitrogens with zero attached hydrogens (tertiary/aromatic N) is 2. The summed E-state index contributed by atoms with van der Waals surface area (Å²) in [6.07, 6.45) is 5.45. The van der Waals surface area contributed by atoms with Gasteiger partial charge in [0.05, 0.1) is 10.6 Å². The molecule has 35 heavy (non-hydrogen) atoms. The molecule has 7 nitrogen and oxygen atoms in total. The first kappa shape index (κ1) is 25.8. The fraction of sp³-hybridized carbons (Fsp3) is 0.480. The van der Waals surface area contributed by atoms with E-state index in [1.54, 1.807) is 25.2 Å². The summed E-state index contributed by atoms with van der Waals surface area (Å²) in [6, 6.07) is 9.07. The van der Waals surface area contributed by atoms with Crippen LogP contribution in [0.5, 0.6) is 5.75 Å². The summed E-state index contributed by atoms with van der Waals surface area (Å²) in [6.45, 7) is 2.48. The smallest absolute Gasteiger partial charge is 0.313 e. The molecule has 1 fully saturated rings. The Morgan fingerprint density at radius 3 is 2.51 bits per heavy atom. The zero-order valence-corrected chi connectivity index (χ0v) is 21.8. The van der Waals surface area contributed by atoms with E-state index in [-0.39, 0.29) is 23.4 Å². The van der Waals surface area contributed by atoms with Gasteiger partial charge in [-0.1, -0.05) is 19.8 Å². The monoisotopic (exact) mass is 522 g/mol. The van der Waals surface area contributed by atoms with E-state index in [0.29, 0.717) is 47.8 Å². The maximum Gasteiger partial charge on any atom is 0.313 e. The fourth-order valence-corrected chi connectivity index (χ4v) is 6.47. The van der Waals surface area contributed by atoms with Gasteiger partial charge in [0.2, 0.25) is 10.0 Å². The first-order valence-corrected chi connectivity index (χ1v) is 14.4. The van der Waals surface area contributed by atoms with Crippen molar-refractivity contribution in [3.05, 3.63) is 42.2 Å². The lowest BCUT2D eigenvalue weighted by molar-refractivity contribution is -0.144. The zero-order valence-electron chi connectivity index (χ0n) is 20.2. The van der Waals surface area contributed by atoms with Crippen LogP contribution in [0.15, 0.2) is 46.2 Å². The van der Waals surface area contributed by atoms with Crippen molar-refractivity contribution < 1.29 is 27.4 Å². The number of likely N-dealkylation sites (N-methyl/N-ethyl adjacent to an activating group) is 1. The van der Waals surface area contributed by atoms with Crippen LogP contribution in [-0.4, -0.2) is 56.3 Å². The number of hydrogen-bond donors (Lipinski definition) is 1. The largest absolute Gasteiger partial charge is 0.491 e. The molecule has 0 amide bonds. The molecule has 1 aliphatic carbocycles. The van der Waals surface area contributed by atoms with Gasteiger partial charge in [-0.2, -0.15) is 4.31 Å². The Labute approximate surface area is 210 Å². The number of hydrogen-bond acceptors (Lipinski definition) is 6. The minimum absolute atomic E-state index is 0.00856. The third-order valence-corrected chi connectivity index (χ3v) is 9.64. The van der Waals surface area contributed by atoms with Gasteiger partial charge in [-0.05, 0) is 55.9 Å². The number of carboxylic acids is 1. The lowest BCUT2D eigenvalue weighted by atomic mass is 10.1. The Bertz CT molecular complexity index is 1200. The molecular formula is C25H31FN2O5S2. The Hall–Kier alpha value is -2.30. The molecule has 2 aromatic carbocycles. The molecule has 1 unspecified atom stereocenters. The highest BCUT2D eigenvalue weighted by Gasteiger charge is 2.51. The van der Waals surface area contributed by atoms with Gasteiger partial charge in [-0.25, -0.2) is 12.8 Å². The standard InChI is InChI=1S/C25H31FN2O5S2/c1-4-5-6-19-15-28(18-9-7-17(26)8-10-18)20-13-22(34-3)21(14-23(20)35(31,32)27(19)2)33-16-25(11-12-25)24(29)30/h7-10,13-14,19H,4-6,11-12,15-16H2,1-3H3,(H,29,30). The first-order valence-electron chi connectivity index (χ1n) is 11.7. The lowest BCUT2D eigenvalue weighted by Crippen LogP contribution is -2.40. The molecule has 0 aromatic heterocycles. The number of rotatable bonds is 9. The highest BCUT2D eigenvalue weighted by Crippen LogP contribution is 2.48. The van der Waals surface area contributed by atoms with Crippen LogP contribution in [-0.2, 0) is 14.8 Å². The second-order valence-electron chi connectivity index (χ2n) is 9.25. The van der Waals surface area contributed by atoms with Gasteiger partial charge in [-0.15, -0.1) is 11.8 Å². The van der Waals surface area contributed by atoms with Crippen LogP contribution in [0, 0.1) is 11.2 Å². The molecule has 1 N–H and O–H groups in total. The van der Waals surface area contributed by atoms with Crippen LogP contribution in [0.25, 0.3) is 0 Å². The SMILES string of the molecule is CCCCC1CN(c2ccc(F)cc2)c2cc(SC)c(OCC3(C(=O)O)CC3)cc2S(=O)(=O)N1C. The fourth-order valence-electron chi connectivity index (χ4n) is 4.36. The molecule has 1 aliphatic heterocycles. The Kier molecular flexibility index (Phi) is 7.36. The molecule has 0 radical (unpaired) electrons. The number of carboxylic acid groups (broad SMARTS) is 1. The van der Waals surface area contributed by atoms with E-state index in [9.17, 15) is 22.7 Å². The molecule has 0 saturated heterocycles. The van der Waals surface area contributed by atoms with Crippen molar-refractivity contribution in [2.24, 2.45) is 5.41 Å². The quantitative estimate of drug-likeness (QED) is 0.457. The van der Waals surface area contributed by atoms with E-state index in [2.05, 4.69) is 6.92 Å². The third-order valence-electron chi connectivity index (χ3n) is 6.94. The van der Waals surface area contributed by atoms with E-state index in [0.717, 1.165) is 12.8 Å². The molecule has 1 atom stereocenters. The van der Waals surface area contributed by atoms with E-state index in [4.69, 9.17) is 4.74 Å². The normalized spacial score (nSPS) is 20.7. The molecular weight excluding hydrogens is 491 g/mol. The highest BCUT2D eigenvalue weighted by molar-refractivity contribution is 7.98. The molecule has 0 spiro atoms. The first-order chi connectivity index (χ1) is 16.6. The Balaban J connectivity index is 1.83. The number of anilines is 2. The minimum Gasteiger partial charge on any atom is -0.491 e. The van der Waals surface area contributed by atoms with E-state index >= 15 is 0 Å².